The topological polar surface area (TPSA) is 64.4 Å². The molecule has 0 bridgehead atoms. The van der Waals surface area contributed by atoms with Crippen molar-refractivity contribution in [3.63, 3.8) is 0 Å². The molecule has 4 nitrogen and oxygen atoms in total. The molecule has 3 N–H and O–H groups in total. The second-order valence-corrected chi connectivity index (χ2v) is 6.38. The lowest BCUT2D eigenvalue weighted by Gasteiger charge is -2.28. The lowest BCUT2D eigenvalue weighted by molar-refractivity contribution is -0.126. The number of amides is 1. The predicted octanol–water partition coefficient (Wildman–Crippen LogP) is 2.22. The molecule has 2 unspecified atom stereocenters. The summed E-state index contributed by atoms with van der Waals surface area (Å²) in [4.78, 5) is 12.1. The summed E-state index contributed by atoms with van der Waals surface area (Å²) >= 11 is 0. The minimum absolute atomic E-state index is 0.201. The average molecular weight is 282 g/mol. The van der Waals surface area contributed by atoms with Crippen LogP contribution in [0.25, 0.3) is 0 Å². The molecule has 0 aromatic heterocycles. The van der Waals surface area contributed by atoms with E-state index in [0.29, 0.717) is 25.2 Å². The van der Waals surface area contributed by atoms with E-state index in [1.165, 1.54) is 38.5 Å². The molecule has 0 saturated heterocycles. The maximum absolute atomic E-state index is 12.1. The van der Waals surface area contributed by atoms with Gasteiger partial charge >= 0.3 is 0 Å². The van der Waals surface area contributed by atoms with Crippen LogP contribution in [0.15, 0.2) is 0 Å². The molecule has 2 aliphatic rings. The van der Waals surface area contributed by atoms with Crippen molar-refractivity contribution >= 4 is 5.91 Å². The third kappa shape index (κ3) is 5.06. The monoisotopic (exact) mass is 282 g/mol. The van der Waals surface area contributed by atoms with Crippen molar-refractivity contribution in [1.29, 1.82) is 0 Å². The minimum atomic E-state index is 0.201. The molecule has 2 rings (SSSR count). The van der Waals surface area contributed by atoms with Crippen molar-refractivity contribution in [3.8, 4) is 0 Å². The quantitative estimate of drug-likeness (QED) is 0.704. The Balaban J connectivity index is 1.58. The highest BCUT2D eigenvalue weighted by molar-refractivity contribution is 5.78. The molecule has 0 aromatic carbocycles. The van der Waals surface area contributed by atoms with E-state index < -0.39 is 0 Å². The van der Waals surface area contributed by atoms with Gasteiger partial charge in [0.05, 0.1) is 12.7 Å². The van der Waals surface area contributed by atoms with Crippen LogP contribution in [-0.2, 0) is 9.53 Å². The SMILES string of the molecule is NCCC1CCCC(C(=O)NCCOC2CCCC2)C1. The third-order valence-corrected chi connectivity index (χ3v) is 4.79. The molecule has 0 spiro atoms. The van der Waals surface area contributed by atoms with Crippen molar-refractivity contribution in [2.45, 2.75) is 63.9 Å². The van der Waals surface area contributed by atoms with Crippen LogP contribution in [0, 0.1) is 11.8 Å². The van der Waals surface area contributed by atoms with E-state index >= 15 is 0 Å². The smallest absolute Gasteiger partial charge is 0.223 e. The van der Waals surface area contributed by atoms with Gasteiger partial charge in [-0.25, -0.2) is 0 Å². The van der Waals surface area contributed by atoms with E-state index in [2.05, 4.69) is 5.32 Å². The van der Waals surface area contributed by atoms with E-state index in [9.17, 15) is 4.79 Å². The summed E-state index contributed by atoms with van der Waals surface area (Å²) in [5.74, 6) is 1.08. The van der Waals surface area contributed by atoms with Crippen LogP contribution >= 0.6 is 0 Å². The second-order valence-electron chi connectivity index (χ2n) is 6.38. The summed E-state index contributed by atoms with van der Waals surface area (Å²) in [7, 11) is 0. The fourth-order valence-corrected chi connectivity index (χ4v) is 3.63. The molecular formula is C16H30N2O2. The number of nitrogens with two attached hydrogens (primary N) is 1. The number of ether oxygens (including phenoxy) is 1. The largest absolute Gasteiger partial charge is 0.376 e. The molecule has 0 radical (unpaired) electrons. The number of carbonyl (C=O) groups excluding carboxylic acids is 1. The lowest BCUT2D eigenvalue weighted by atomic mass is 9.79. The molecule has 2 aliphatic carbocycles. The van der Waals surface area contributed by atoms with Gasteiger partial charge in [-0.3, -0.25) is 4.79 Å². The van der Waals surface area contributed by atoms with Gasteiger partial charge in [0.15, 0.2) is 0 Å². The first-order chi connectivity index (χ1) is 9.79. The van der Waals surface area contributed by atoms with Crippen LogP contribution in [0.2, 0.25) is 0 Å². The van der Waals surface area contributed by atoms with Gasteiger partial charge in [-0.05, 0) is 44.6 Å². The Labute approximate surface area is 122 Å². The van der Waals surface area contributed by atoms with Crippen LogP contribution in [0.5, 0.6) is 0 Å². The third-order valence-electron chi connectivity index (χ3n) is 4.79. The first kappa shape index (κ1) is 15.8. The summed E-state index contributed by atoms with van der Waals surface area (Å²) in [5, 5.41) is 3.04. The Morgan fingerprint density at radius 2 is 1.95 bits per heavy atom. The van der Waals surface area contributed by atoms with E-state index in [0.717, 1.165) is 25.8 Å². The van der Waals surface area contributed by atoms with E-state index in [1.54, 1.807) is 0 Å². The van der Waals surface area contributed by atoms with Gasteiger partial charge < -0.3 is 15.8 Å². The van der Waals surface area contributed by atoms with Gasteiger partial charge in [-0.1, -0.05) is 25.7 Å². The lowest BCUT2D eigenvalue weighted by Crippen LogP contribution is -2.36. The zero-order valence-electron chi connectivity index (χ0n) is 12.6. The molecule has 2 fully saturated rings. The zero-order chi connectivity index (χ0) is 14.2. The van der Waals surface area contributed by atoms with E-state index in [-0.39, 0.29) is 11.8 Å². The van der Waals surface area contributed by atoms with E-state index in [1.807, 2.05) is 0 Å². The standard InChI is InChI=1S/C16H30N2O2/c17-9-8-13-4-3-5-14(12-13)16(19)18-10-11-20-15-6-1-2-7-15/h13-15H,1-12,17H2,(H,18,19). The summed E-state index contributed by atoms with van der Waals surface area (Å²) in [6.07, 6.45) is 10.9. The Bertz CT molecular complexity index is 288. The molecule has 116 valence electrons. The van der Waals surface area contributed by atoms with Crippen LogP contribution in [0.3, 0.4) is 0 Å². The highest BCUT2D eigenvalue weighted by Gasteiger charge is 2.26. The van der Waals surface area contributed by atoms with Gasteiger partial charge in [0, 0.05) is 12.5 Å². The summed E-state index contributed by atoms with van der Waals surface area (Å²) in [6.45, 7) is 2.07. The summed E-state index contributed by atoms with van der Waals surface area (Å²) in [6, 6.07) is 0. The minimum Gasteiger partial charge on any atom is -0.376 e. The van der Waals surface area contributed by atoms with Crippen molar-refractivity contribution in [1.82, 2.24) is 5.32 Å². The Hall–Kier alpha value is -0.610. The average Bonchev–Trinajstić information content (AvgIpc) is 2.97. The number of carbonyl (C=O) groups is 1. The summed E-state index contributed by atoms with van der Waals surface area (Å²) < 4.78 is 5.77. The first-order valence-electron chi connectivity index (χ1n) is 8.39. The molecular weight excluding hydrogens is 252 g/mol. The molecule has 2 saturated carbocycles. The van der Waals surface area contributed by atoms with Crippen molar-refractivity contribution in [3.05, 3.63) is 0 Å². The molecule has 20 heavy (non-hydrogen) atoms. The fraction of sp³-hybridized carbons (Fsp3) is 0.938. The second kappa shape index (κ2) is 8.63. The number of nitrogens with one attached hydrogen (secondary N) is 1. The maximum atomic E-state index is 12.1. The first-order valence-corrected chi connectivity index (χ1v) is 8.39. The Morgan fingerprint density at radius 3 is 2.70 bits per heavy atom. The molecule has 1 amide bonds. The van der Waals surface area contributed by atoms with Crippen LogP contribution in [0.1, 0.15) is 57.8 Å². The number of hydrogen-bond donors (Lipinski definition) is 2. The van der Waals surface area contributed by atoms with Crippen molar-refractivity contribution < 1.29 is 9.53 Å². The van der Waals surface area contributed by atoms with Gasteiger partial charge in [-0.2, -0.15) is 0 Å². The highest BCUT2D eigenvalue weighted by atomic mass is 16.5. The number of rotatable bonds is 7. The Kier molecular flexibility index (Phi) is 6.80. The van der Waals surface area contributed by atoms with Crippen LogP contribution in [-0.4, -0.2) is 31.7 Å². The summed E-state index contributed by atoms with van der Waals surface area (Å²) in [5.41, 5.74) is 5.62. The highest BCUT2D eigenvalue weighted by Crippen LogP contribution is 2.30. The Morgan fingerprint density at radius 1 is 1.15 bits per heavy atom. The van der Waals surface area contributed by atoms with Crippen LogP contribution in [0.4, 0.5) is 0 Å². The van der Waals surface area contributed by atoms with Gasteiger partial charge in [0.25, 0.3) is 0 Å². The van der Waals surface area contributed by atoms with Crippen molar-refractivity contribution in [2.75, 3.05) is 19.7 Å². The van der Waals surface area contributed by atoms with Crippen LogP contribution < -0.4 is 11.1 Å². The molecule has 0 aliphatic heterocycles. The normalized spacial score (nSPS) is 27.6. The molecule has 0 aromatic rings. The van der Waals surface area contributed by atoms with Crippen molar-refractivity contribution in [2.24, 2.45) is 17.6 Å². The molecule has 2 atom stereocenters. The number of hydrogen-bond acceptors (Lipinski definition) is 3. The fourth-order valence-electron chi connectivity index (χ4n) is 3.63. The van der Waals surface area contributed by atoms with Gasteiger partial charge in [-0.15, -0.1) is 0 Å². The van der Waals surface area contributed by atoms with Gasteiger partial charge in [0.1, 0.15) is 0 Å². The zero-order valence-corrected chi connectivity index (χ0v) is 12.6. The maximum Gasteiger partial charge on any atom is 0.223 e. The molecule has 0 heterocycles. The molecule has 4 heteroatoms. The predicted molar refractivity (Wildman–Crippen MR) is 80.3 cm³/mol. The van der Waals surface area contributed by atoms with Gasteiger partial charge in [0.2, 0.25) is 5.91 Å². The van der Waals surface area contributed by atoms with E-state index in [4.69, 9.17) is 10.5 Å².